The molecule has 0 spiro atoms. The van der Waals surface area contributed by atoms with Crippen molar-refractivity contribution in [1.82, 2.24) is 14.7 Å². The Hall–Kier alpha value is -3.49. The van der Waals surface area contributed by atoms with Gasteiger partial charge in [-0.25, -0.2) is 4.79 Å². The molecular formula is C32H36Cl2N4O4. The number of urea groups is 1. The zero-order valence-corrected chi connectivity index (χ0v) is 25.8. The fourth-order valence-electron chi connectivity index (χ4n) is 5.70. The molecule has 0 N–H and O–H groups in total. The van der Waals surface area contributed by atoms with Gasteiger partial charge in [-0.15, -0.1) is 0 Å². The van der Waals surface area contributed by atoms with Gasteiger partial charge in [-0.2, -0.15) is 0 Å². The molecule has 1 saturated heterocycles. The van der Waals surface area contributed by atoms with Crippen molar-refractivity contribution in [2.45, 2.75) is 45.4 Å². The minimum absolute atomic E-state index is 0.00301. The molecule has 42 heavy (non-hydrogen) atoms. The van der Waals surface area contributed by atoms with Crippen LogP contribution in [0.1, 0.15) is 44.4 Å². The molecule has 2 aromatic carbocycles. The third-order valence-electron chi connectivity index (χ3n) is 7.83. The maximum atomic E-state index is 14.6. The Morgan fingerprint density at radius 2 is 1.69 bits per heavy atom. The van der Waals surface area contributed by atoms with E-state index in [2.05, 4.69) is 6.08 Å². The van der Waals surface area contributed by atoms with Crippen LogP contribution in [-0.4, -0.2) is 77.9 Å². The number of amidine groups is 1. The van der Waals surface area contributed by atoms with E-state index >= 15 is 0 Å². The fraction of sp³-hybridized carbons (Fsp3) is 0.406. The van der Waals surface area contributed by atoms with E-state index in [9.17, 15) is 9.59 Å². The zero-order valence-electron chi connectivity index (χ0n) is 24.3. The second kappa shape index (κ2) is 12.8. The lowest BCUT2D eigenvalue weighted by Crippen LogP contribution is -2.55. The number of aliphatic imine (C=N–C) groups is 1. The summed E-state index contributed by atoms with van der Waals surface area (Å²) >= 11 is 12.6. The Morgan fingerprint density at radius 1 is 1.00 bits per heavy atom. The van der Waals surface area contributed by atoms with Crippen molar-refractivity contribution in [2.75, 3.05) is 33.3 Å². The van der Waals surface area contributed by atoms with Crippen molar-refractivity contribution in [2.24, 2.45) is 10.9 Å². The van der Waals surface area contributed by atoms with Gasteiger partial charge in [-0.3, -0.25) is 14.7 Å². The van der Waals surface area contributed by atoms with Crippen LogP contribution in [0.3, 0.4) is 0 Å². The lowest BCUT2D eigenvalue weighted by Gasteiger charge is -2.39. The molecule has 1 fully saturated rings. The van der Waals surface area contributed by atoms with Gasteiger partial charge < -0.3 is 19.3 Å². The highest BCUT2D eigenvalue weighted by Crippen LogP contribution is 2.43. The predicted molar refractivity (Wildman–Crippen MR) is 166 cm³/mol. The monoisotopic (exact) mass is 610 g/mol. The van der Waals surface area contributed by atoms with E-state index in [1.165, 1.54) is 0 Å². The number of piperazine rings is 1. The first-order valence-electron chi connectivity index (χ1n) is 14.2. The van der Waals surface area contributed by atoms with Crippen LogP contribution >= 0.6 is 23.2 Å². The van der Waals surface area contributed by atoms with E-state index in [-0.39, 0.29) is 30.0 Å². The third kappa shape index (κ3) is 6.30. The molecule has 0 aromatic heterocycles. The average Bonchev–Trinajstić information content (AvgIpc) is 3.37. The number of allylic oxidation sites excluding steroid dienone is 3. The number of hydrogen-bond acceptors (Lipinski definition) is 5. The van der Waals surface area contributed by atoms with Gasteiger partial charge in [-0.1, -0.05) is 47.5 Å². The Labute approximate surface area is 257 Å². The number of nitrogens with zero attached hydrogens (tertiary/aromatic N) is 4. The number of hydrogen-bond donors (Lipinski definition) is 0. The molecule has 2 heterocycles. The summed E-state index contributed by atoms with van der Waals surface area (Å²) in [6.07, 6.45) is 6.55. The van der Waals surface area contributed by atoms with Crippen LogP contribution in [0, 0.1) is 5.92 Å². The van der Waals surface area contributed by atoms with Crippen LogP contribution < -0.4 is 9.47 Å². The number of rotatable bonds is 6. The molecule has 5 rings (SSSR count). The summed E-state index contributed by atoms with van der Waals surface area (Å²) < 4.78 is 11.8. The summed E-state index contributed by atoms with van der Waals surface area (Å²) in [6.45, 7) is 7.30. The molecule has 3 amide bonds. The highest BCUT2D eigenvalue weighted by molar-refractivity contribution is 6.31. The molecule has 2 aliphatic heterocycles. The number of halogens is 2. The van der Waals surface area contributed by atoms with Crippen molar-refractivity contribution in [3.63, 3.8) is 0 Å². The minimum atomic E-state index is -0.412. The fourth-order valence-corrected chi connectivity index (χ4v) is 5.99. The number of benzene rings is 2. The van der Waals surface area contributed by atoms with Crippen molar-refractivity contribution in [3.05, 3.63) is 81.9 Å². The number of carbonyl (C=O) groups excluding carboxylic acids is 2. The molecule has 3 aliphatic rings. The number of amides is 3. The first-order valence-corrected chi connectivity index (χ1v) is 15.0. The maximum Gasteiger partial charge on any atom is 0.326 e. The lowest BCUT2D eigenvalue weighted by atomic mass is 9.85. The molecular weight excluding hydrogens is 575 g/mol. The van der Waals surface area contributed by atoms with E-state index in [1.54, 1.807) is 28.7 Å². The quantitative estimate of drug-likeness (QED) is 0.385. The van der Waals surface area contributed by atoms with Crippen LogP contribution in [0.25, 0.3) is 0 Å². The van der Waals surface area contributed by atoms with Crippen LogP contribution in [0.4, 0.5) is 4.79 Å². The molecule has 222 valence electrons. The Bertz CT molecular complexity index is 1410. The van der Waals surface area contributed by atoms with Gasteiger partial charge in [0, 0.05) is 55.1 Å². The average molecular weight is 612 g/mol. The zero-order chi connectivity index (χ0) is 30.0. The molecule has 2 aromatic rings. The largest absolute Gasteiger partial charge is 0.497 e. The molecule has 1 unspecified atom stereocenters. The SMILES string of the molecule is COc1ccc(C2=N[C@@H](C3C=CC(Cl)=CC3)[C@@H](c3ccc(Cl)cc3)N2C(=O)N2CCN(C(C)=O)CC2)c(OC(C)C)c1. The Kier molecular flexibility index (Phi) is 9.13. The molecule has 10 heteroatoms. The Balaban J connectivity index is 1.63. The van der Waals surface area contributed by atoms with Crippen molar-refractivity contribution in [1.29, 1.82) is 0 Å². The molecule has 3 atom stereocenters. The second-order valence-corrected chi connectivity index (χ2v) is 11.8. The van der Waals surface area contributed by atoms with Gasteiger partial charge in [0.15, 0.2) is 0 Å². The van der Waals surface area contributed by atoms with Crippen LogP contribution in [0.15, 0.2) is 70.7 Å². The van der Waals surface area contributed by atoms with Gasteiger partial charge >= 0.3 is 6.03 Å². The number of ether oxygens (including phenoxy) is 2. The predicted octanol–water partition coefficient (Wildman–Crippen LogP) is 6.29. The van der Waals surface area contributed by atoms with Gasteiger partial charge in [0.05, 0.1) is 30.9 Å². The van der Waals surface area contributed by atoms with E-state index in [4.69, 9.17) is 37.7 Å². The van der Waals surface area contributed by atoms with Gasteiger partial charge in [0.1, 0.15) is 17.3 Å². The van der Waals surface area contributed by atoms with E-state index in [0.717, 1.165) is 5.56 Å². The Morgan fingerprint density at radius 3 is 2.29 bits per heavy atom. The van der Waals surface area contributed by atoms with Gasteiger partial charge in [-0.05, 0) is 56.2 Å². The highest BCUT2D eigenvalue weighted by atomic mass is 35.5. The summed E-state index contributed by atoms with van der Waals surface area (Å²) in [4.78, 5) is 37.2. The van der Waals surface area contributed by atoms with Crippen LogP contribution in [0.2, 0.25) is 5.02 Å². The highest BCUT2D eigenvalue weighted by Gasteiger charge is 2.46. The van der Waals surface area contributed by atoms with Crippen LogP contribution in [-0.2, 0) is 4.79 Å². The first kappa shape index (κ1) is 30.0. The molecule has 0 radical (unpaired) electrons. The van der Waals surface area contributed by atoms with Crippen molar-refractivity contribution < 1.29 is 19.1 Å². The summed E-state index contributed by atoms with van der Waals surface area (Å²) in [5, 5.41) is 1.30. The number of carbonyl (C=O) groups is 2. The van der Waals surface area contributed by atoms with E-state index < -0.39 is 6.04 Å². The number of methoxy groups -OCH3 is 1. The van der Waals surface area contributed by atoms with Crippen molar-refractivity contribution in [3.8, 4) is 11.5 Å². The summed E-state index contributed by atoms with van der Waals surface area (Å²) in [5.41, 5.74) is 1.63. The molecule has 0 bridgehead atoms. The van der Waals surface area contributed by atoms with Crippen molar-refractivity contribution >= 4 is 41.0 Å². The lowest BCUT2D eigenvalue weighted by molar-refractivity contribution is -0.130. The smallest absolute Gasteiger partial charge is 0.326 e. The van der Waals surface area contributed by atoms with E-state index in [1.807, 2.05) is 68.5 Å². The topological polar surface area (TPSA) is 74.7 Å². The molecule has 0 saturated carbocycles. The normalized spacial score (nSPS) is 22.3. The first-order chi connectivity index (χ1) is 20.2. The standard InChI is InChI=1S/C32H36Cl2N4O4/c1-20(2)42-28-19-26(41-4)13-14-27(28)31-35-29(22-5-9-24(33)10-6-22)30(23-7-11-25(34)12-8-23)38(31)32(40)37-17-15-36(16-18-37)21(3)39/h5,7-14,19-20,22,29-30H,6,15-18H2,1-4H3/t22?,29-,30+/m0/s1. The maximum absolute atomic E-state index is 14.6. The molecule has 1 aliphatic carbocycles. The summed E-state index contributed by atoms with van der Waals surface area (Å²) in [6, 6.07) is 12.3. The van der Waals surface area contributed by atoms with Gasteiger partial charge in [0.2, 0.25) is 5.91 Å². The summed E-state index contributed by atoms with van der Waals surface area (Å²) in [5.74, 6) is 1.77. The third-order valence-corrected chi connectivity index (χ3v) is 8.37. The second-order valence-electron chi connectivity index (χ2n) is 11.0. The van der Waals surface area contributed by atoms with Gasteiger partial charge in [0.25, 0.3) is 0 Å². The minimum Gasteiger partial charge on any atom is -0.497 e. The summed E-state index contributed by atoms with van der Waals surface area (Å²) in [7, 11) is 1.61. The van der Waals surface area contributed by atoms with Crippen LogP contribution in [0.5, 0.6) is 11.5 Å². The van der Waals surface area contributed by atoms with E-state index in [0.29, 0.717) is 65.6 Å². The molecule has 8 nitrogen and oxygen atoms in total.